The molecule has 0 unspecified atom stereocenters. The standard InChI is InChI=1S/C28H24N4O5S/c1-16-25(17(2)33)26(18-8-10-20(11-9-18)30(3)4)31-27(34)24(38-28(31)29-16)15-22-12-13-23(37-22)19-6-5-7-21(14-19)32(35)36/h5-15,26H,1-4H3/b24-15+/t26-/m1/s1. The molecule has 4 aromatic rings. The van der Waals surface area contributed by atoms with Crippen LogP contribution < -0.4 is 19.8 Å². The third-order valence-electron chi connectivity index (χ3n) is 6.37. The summed E-state index contributed by atoms with van der Waals surface area (Å²) in [6.07, 6.45) is 1.63. The minimum absolute atomic E-state index is 0.0379. The van der Waals surface area contributed by atoms with Crippen LogP contribution >= 0.6 is 11.3 Å². The van der Waals surface area contributed by atoms with E-state index in [4.69, 9.17) is 4.42 Å². The lowest BCUT2D eigenvalue weighted by Gasteiger charge is -2.25. The Labute approximate surface area is 221 Å². The van der Waals surface area contributed by atoms with Gasteiger partial charge >= 0.3 is 0 Å². The number of carbonyl (C=O) groups excluding carboxylic acids is 1. The summed E-state index contributed by atoms with van der Waals surface area (Å²) < 4.78 is 7.87. The van der Waals surface area contributed by atoms with Crippen molar-refractivity contribution in [3.05, 3.63) is 113 Å². The number of nitro groups is 1. The third kappa shape index (κ3) is 4.50. The lowest BCUT2D eigenvalue weighted by atomic mass is 9.93. The van der Waals surface area contributed by atoms with Crippen molar-refractivity contribution in [2.24, 2.45) is 4.99 Å². The van der Waals surface area contributed by atoms with Crippen molar-refractivity contribution >= 4 is 34.6 Å². The van der Waals surface area contributed by atoms with Crippen molar-refractivity contribution in [3.63, 3.8) is 0 Å². The van der Waals surface area contributed by atoms with E-state index in [2.05, 4.69) is 4.99 Å². The Balaban J connectivity index is 1.60. The zero-order valence-corrected chi connectivity index (χ0v) is 22.0. The van der Waals surface area contributed by atoms with Crippen molar-refractivity contribution in [2.75, 3.05) is 19.0 Å². The molecular formula is C28H24N4O5S. The van der Waals surface area contributed by atoms with Gasteiger partial charge in [0.25, 0.3) is 11.2 Å². The Hall–Kier alpha value is -4.57. The van der Waals surface area contributed by atoms with Crippen LogP contribution in [0, 0.1) is 10.1 Å². The van der Waals surface area contributed by atoms with Gasteiger partial charge < -0.3 is 9.32 Å². The number of non-ortho nitro benzene ring substituents is 1. The number of carbonyl (C=O) groups is 1. The molecular weight excluding hydrogens is 504 g/mol. The van der Waals surface area contributed by atoms with Crippen LogP contribution in [-0.4, -0.2) is 29.4 Å². The number of anilines is 1. The summed E-state index contributed by atoms with van der Waals surface area (Å²) in [7, 11) is 3.89. The quantitative estimate of drug-likeness (QED) is 0.276. The molecule has 0 bridgehead atoms. The lowest BCUT2D eigenvalue weighted by molar-refractivity contribution is -0.384. The van der Waals surface area contributed by atoms with Crippen LogP contribution in [-0.2, 0) is 4.79 Å². The fourth-order valence-electron chi connectivity index (χ4n) is 4.53. The zero-order valence-electron chi connectivity index (χ0n) is 21.2. The lowest BCUT2D eigenvalue weighted by Crippen LogP contribution is -2.39. The van der Waals surface area contributed by atoms with Gasteiger partial charge in [-0.2, -0.15) is 0 Å². The molecule has 0 aliphatic carbocycles. The summed E-state index contributed by atoms with van der Waals surface area (Å²) in [4.78, 5) is 44.1. The summed E-state index contributed by atoms with van der Waals surface area (Å²) in [5, 5.41) is 11.1. The summed E-state index contributed by atoms with van der Waals surface area (Å²) in [5.41, 5.74) is 3.12. The van der Waals surface area contributed by atoms with Crippen molar-refractivity contribution in [1.82, 2.24) is 4.57 Å². The molecule has 2 aromatic heterocycles. The average molecular weight is 529 g/mol. The largest absolute Gasteiger partial charge is 0.457 e. The summed E-state index contributed by atoms with van der Waals surface area (Å²) in [6.45, 7) is 3.27. The summed E-state index contributed by atoms with van der Waals surface area (Å²) in [6, 6.07) is 16.7. The molecule has 0 spiro atoms. The molecule has 192 valence electrons. The van der Waals surface area contributed by atoms with Crippen LogP contribution in [0.1, 0.15) is 31.2 Å². The third-order valence-corrected chi connectivity index (χ3v) is 7.35. The average Bonchev–Trinajstić information content (AvgIpc) is 3.47. The van der Waals surface area contributed by atoms with Crippen LogP contribution in [0.2, 0.25) is 0 Å². The molecule has 9 nitrogen and oxygen atoms in total. The van der Waals surface area contributed by atoms with E-state index in [1.165, 1.54) is 30.4 Å². The Morgan fingerprint density at radius 3 is 2.55 bits per heavy atom. The smallest absolute Gasteiger partial charge is 0.271 e. The van der Waals surface area contributed by atoms with Crippen LogP contribution in [0.3, 0.4) is 0 Å². The van der Waals surface area contributed by atoms with E-state index < -0.39 is 11.0 Å². The number of thiazole rings is 1. The van der Waals surface area contributed by atoms with E-state index >= 15 is 0 Å². The second-order valence-electron chi connectivity index (χ2n) is 9.13. The van der Waals surface area contributed by atoms with Crippen molar-refractivity contribution in [3.8, 4) is 11.3 Å². The van der Waals surface area contributed by atoms with E-state index in [1.54, 1.807) is 41.8 Å². The van der Waals surface area contributed by atoms with Gasteiger partial charge in [0.05, 0.1) is 15.5 Å². The van der Waals surface area contributed by atoms with Gasteiger partial charge in [-0.3, -0.25) is 24.3 Å². The molecule has 1 atom stereocenters. The van der Waals surface area contributed by atoms with Gasteiger partial charge in [0.15, 0.2) is 10.6 Å². The van der Waals surface area contributed by atoms with Gasteiger partial charge in [-0.05, 0) is 43.7 Å². The number of rotatable bonds is 6. The monoisotopic (exact) mass is 528 g/mol. The molecule has 0 amide bonds. The maximum absolute atomic E-state index is 13.7. The number of furan rings is 1. The van der Waals surface area contributed by atoms with Gasteiger partial charge in [0.1, 0.15) is 11.5 Å². The Morgan fingerprint density at radius 1 is 1.16 bits per heavy atom. The molecule has 3 heterocycles. The van der Waals surface area contributed by atoms with Crippen LogP contribution in [0.25, 0.3) is 17.4 Å². The van der Waals surface area contributed by atoms with Gasteiger partial charge in [0.2, 0.25) is 0 Å². The van der Waals surface area contributed by atoms with Crippen LogP contribution in [0.15, 0.2) is 86.1 Å². The predicted octanol–water partition coefficient (Wildman–Crippen LogP) is 4.06. The van der Waals surface area contributed by atoms with E-state index in [-0.39, 0.29) is 17.0 Å². The van der Waals surface area contributed by atoms with E-state index in [1.807, 2.05) is 43.3 Å². The zero-order chi connectivity index (χ0) is 27.1. The number of Topliss-reactive ketones (excluding diaryl/α,β-unsaturated/α-hetero) is 1. The first-order valence-electron chi connectivity index (χ1n) is 11.8. The molecule has 5 rings (SSSR count). The van der Waals surface area contributed by atoms with Gasteiger partial charge in [-0.25, -0.2) is 4.99 Å². The first kappa shape index (κ1) is 25.1. The number of hydrogen-bond donors (Lipinski definition) is 0. The Kier molecular flexibility index (Phi) is 6.41. The summed E-state index contributed by atoms with van der Waals surface area (Å²) >= 11 is 1.22. The summed E-state index contributed by atoms with van der Waals surface area (Å²) in [5.74, 6) is 0.724. The first-order chi connectivity index (χ1) is 18.1. The van der Waals surface area contributed by atoms with Gasteiger partial charge in [-0.15, -0.1) is 0 Å². The topological polar surface area (TPSA) is 111 Å². The molecule has 0 saturated carbocycles. The van der Waals surface area contributed by atoms with Crippen molar-refractivity contribution in [2.45, 2.75) is 19.9 Å². The minimum Gasteiger partial charge on any atom is -0.457 e. The van der Waals surface area contributed by atoms with Crippen molar-refractivity contribution in [1.29, 1.82) is 0 Å². The SMILES string of the molecule is CC(=O)C1=C(C)N=c2s/c(=C/c3ccc(-c4cccc([N+](=O)[O-])c4)o3)c(=O)n2[C@@H]1c1ccc(N(C)C)cc1. The second kappa shape index (κ2) is 9.71. The number of nitro benzene ring substituents is 1. The maximum Gasteiger partial charge on any atom is 0.271 e. The van der Waals surface area contributed by atoms with Crippen molar-refractivity contribution < 1.29 is 14.1 Å². The van der Waals surface area contributed by atoms with E-state index in [0.29, 0.717) is 37.7 Å². The fourth-order valence-corrected chi connectivity index (χ4v) is 5.55. The number of ketones is 1. The second-order valence-corrected chi connectivity index (χ2v) is 10.1. The molecule has 2 aromatic carbocycles. The highest BCUT2D eigenvalue weighted by Crippen LogP contribution is 2.31. The van der Waals surface area contributed by atoms with Crippen LogP contribution in [0.4, 0.5) is 11.4 Å². The molecule has 10 heteroatoms. The highest BCUT2D eigenvalue weighted by Gasteiger charge is 2.30. The fraction of sp³-hybridized carbons (Fsp3) is 0.179. The van der Waals surface area contributed by atoms with Gasteiger partial charge in [0, 0.05) is 54.8 Å². The number of nitrogens with zero attached hydrogens (tertiary/aromatic N) is 4. The highest BCUT2D eigenvalue weighted by atomic mass is 32.1. The minimum atomic E-state index is -0.598. The van der Waals surface area contributed by atoms with E-state index in [9.17, 15) is 19.7 Å². The molecule has 0 radical (unpaired) electrons. The van der Waals surface area contributed by atoms with E-state index in [0.717, 1.165) is 11.3 Å². The molecule has 0 N–H and O–H groups in total. The maximum atomic E-state index is 13.7. The highest BCUT2D eigenvalue weighted by molar-refractivity contribution is 7.07. The number of hydrogen-bond acceptors (Lipinski definition) is 8. The number of aromatic nitrogens is 1. The van der Waals surface area contributed by atoms with Crippen LogP contribution in [0.5, 0.6) is 0 Å². The Morgan fingerprint density at radius 2 is 1.89 bits per heavy atom. The molecule has 0 saturated heterocycles. The number of benzene rings is 2. The molecule has 1 aliphatic heterocycles. The molecule has 1 aliphatic rings. The number of fused-ring (bicyclic) bond motifs is 1. The van der Waals surface area contributed by atoms with Gasteiger partial charge in [-0.1, -0.05) is 35.6 Å². The normalized spacial score (nSPS) is 15.3. The predicted molar refractivity (Wildman–Crippen MR) is 146 cm³/mol. The Bertz CT molecular complexity index is 1790. The number of allylic oxidation sites excluding steroid dienone is 2. The molecule has 0 fully saturated rings. The molecule has 38 heavy (non-hydrogen) atoms. The first-order valence-corrected chi connectivity index (χ1v) is 12.6.